The van der Waals surface area contributed by atoms with Gasteiger partial charge in [-0.3, -0.25) is 4.79 Å². The molecule has 2 aromatic rings. The summed E-state index contributed by atoms with van der Waals surface area (Å²) in [6, 6.07) is 7.86. The molecule has 2 rings (SSSR count). The predicted octanol–water partition coefficient (Wildman–Crippen LogP) is 3.72. The predicted molar refractivity (Wildman–Crippen MR) is 102 cm³/mol. The van der Waals surface area contributed by atoms with Crippen molar-refractivity contribution in [1.29, 1.82) is 0 Å². The summed E-state index contributed by atoms with van der Waals surface area (Å²) >= 11 is 5.75. The van der Waals surface area contributed by atoms with Crippen molar-refractivity contribution in [2.75, 3.05) is 18.5 Å². The normalized spacial score (nSPS) is 11.4. The third kappa shape index (κ3) is 5.86. The topological polar surface area (TPSA) is 86.8 Å². The van der Waals surface area contributed by atoms with Crippen LogP contribution in [-0.2, 0) is 9.53 Å². The first kappa shape index (κ1) is 20.5. The SMILES string of the molecule is CCOc1ccc(C(=O)O[C@@H](C)C(=O)Nc2ccc(Cl)cn2)cc1OCC. The molecule has 0 unspecified atom stereocenters. The molecule has 1 N–H and O–H groups in total. The number of carbonyl (C=O) groups excluding carboxylic acids is 2. The number of ether oxygens (including phenoxy) is 3. The first-order valence-electron chi connectivity index (χ1n) is 8.47. The zero-order valence-electron chi connectivity index (χ0n) is 15.3. The Kier molecular flexibility index (Phi) is 7.43. The van der Waals surface area contributed by atoms with Crippen LogP contribution in [-0.4, -0.2) is 36.2 Å². The average molecular weight is 393 g/mol. The molecule has 0 aliphatic carbocycles. The van der Waals surface area contributed by atoms with Gasteiger partial charge in [-0.2, -0.15) is 0 Å². The molecule has 1 aromatic carbocycles. The number of aromatic nitrogens is 1. The Labute approximate surface area is 162 Å². The molecule has 1 heterocycles. The van der Waals surface area contributed by atoms with Crippen molar-refractivity contribution in [2.24, 2.45) is 0 Å². The minimum Gasteiger partial charge on any atom is -0.490 e. The summed E-state index contributed by atoms with van der Waals surface area (Å²) in [6.07, 6.45) is 0.389. The molecule has 1 aromatic heterocycles. The fraction of sp³-hybridized carbons (Fsp3) is 0.316. The lowest BCUT2D eigenvalue weighted by Crippen LogP contribution is -2.30. The number of nitrogens with one attached hydrogen (secondary N) is 1. The molecule has 1 amide bonds. The van der Waals surface area contributed by atoms with E-state index in [0.717, 1.165) is 0 Å². The number of pyridine rings is 1. The third-order valence-corrected chi connectivity index (χ3v) is 3.63. The molecule has 8 heteroatoms. The van der Waals surface area contributed by atoms with E-state index in [0.29, 0.717) is 35.6 Å². The molecule has 0 saturated heterocycles. The highest BCUT2D eigenvalue weighted by Crippen LogP contribution is 2.29. The van der Waals surface area contributed by atoms with Gasteiger partial charge in [-0.05, 0) is 51.1 Å². The summed E-state index contributed by atoms with van der Waals surface area (Å²) in [5.74, 6) is 0.138. The van der Waals surface area contributed by atoms with Gasteiger partial charge in [0.15, 0.2) is 17.6 Å². The van der Waals surface area contributed by atoms with Gasteiger partial charge in [-0.1, -0.05) is 11.6 Å². The van der Waals surface area contributed by atoms with E-state index < -0.39 is 18.0 Å². The van der Waals surface area contributed by atoms with E-state index in [9.17, 15) is 9.59 Å². The van der Waals surface area contributed by atoms with E-state index in [1.807, 2.05) is 13.8 Å². The van der Waals surface area contributed by atoms with Gasteiger partial charge in [0.2, 0.25) is 0 Å². The Morgan fingerprint density at radius 2 is 1.81 bits per heavy atom. The van der Waals surface area contributed by atoms with E-state index >= 15 is 0 Å². The lowest BCUT2D eigenvalue weighted by molar-refractivity contribution is -0.123. The summed E-state index contributed by atoms with van der Waals surface area (Å²) in [5, 5.41) is 3.00. The van der Waals surface area contributed by atoms with Crippen molar-refractivity contribution in [2.45, 2.75) is 26.9 Å². The molecule has 144 valence electrons. The molecule has 0 saturated carbocycles. The summed E-state index contributed by atoms with van der Waals surface area (Å²) in [5.41, 5.74) is 0.256. The second-order valence-electron chi connectivity index (χ2n) is 5.43. The van der Waals surface area contributed by atoms with Gasteiger partial charge >= 0.3 is 5.97 Å². The molecule has 1 atom stereocenters. The van der Waals surface area contributed by atoms with Crippen LogP contribution in [0.4, 0.5) is 5.82 Å². The summed E-state index contributed by atoms with van der Waals surface area (Å²) in [4.78, 5) is 28.5. The minimum atomic E-state index is -1.02. The van der Waals surface area contributed by atoms with E-state index in [4.69, 9.17) is 25.8 Å². The molecule has 0 fully saturated rings. The van der Waals surface area contributed by atoms with Crippen molar-refractivity contribution in [3.63, 3.8) is 0 Å². The zero-order valence-corrected chi connectivity index (χ0v) is 16.1. The van der Waals surface area contributed by atoms with Crippen LogP contribution in [0.15, 0.2) is 36.5 Å². The van der Waals surface area contributed by atoms with Crippen LogP contribution in [0.1, 0.15) is 31.1 Å². The van der Waals surface area contributed by atoms with Crippen LogP contribution in [0.3, 0.4) is 0 Å². The number of hydrogen-bond acceptors (Lipinski definition) is 6. The highest BCUT2D eigenvalue weighted by molar-refractivity contribution is 6.30. The van der Waals surface area contributed by atoms with E-state index in [-0.39, 0.29) is 5.56 Å². The first-order chi connectivity index (χ1) is 12.9. The standard InChI is InChI=1S/C19H21ClN2O5/c1-4-25-15-8-6-13(10-16(15)26-5-2)19(24)27-12(3)18(23)22-17-9-7-14(20)11-21-17/h6-12H,4-5H2,1-3H3,(H,21,22,23)/t12-/m0/s1. The van der Waals surface area contributed by atoms with E-state index in [1.165, 1.54) is 19.2 Å². The largest absolute Gasteiger partial charge is 0.490 e. The quantitative estimate of drug-likeness (QED) is 0.689. The second-order valence-corrected chi connectivity index (χ2v) is 5.86. The smallest absolute Gasteiger partial charge is 0.339 e. The van der Waals surface area contributed by atoms with Gasteiger partial charge in [-0.25, -0.2) is 9.78 Å². The van der Waals surface area contributed by atoms with Gasteiger partial charge in [0.05, 0.1) is 23.8 Å². The number of halogens is 1. The highest BCUT2D eigenvalue weighted by Gasteiger charge is 2.20. The Morgan fingerprint density at radius 1 is 1.11 bits per heavy atom. The molecule has 27 heavy (non-hydrogen) atoms. The molecule has 0 spiro atoms. The maximum absolute atomic E-state index is 12.4. The highest BCUT2D eigenvalue weighted by atomic mass is 35.5. The fourth-order valence-corrected chi connectivity index (χ4v) is 2.25. The Hall–Kier alpha value is -2.80. The minimum absolute atomic E-state index is 0.256. The van der Waals surface area contributed by atoms with E-state index in [2.05, 4.69) is 10.3 Å². The lowest BCUT2D eigenvalue weighted by Gasteiger charge is -2.15. The van der Waals surface area contributed by atoms with Gasteiger partial charge < -0.3 is 19.5 Å². The zero-order chi connectivity index (χ0) is 19.8. The molecular weight excluding hydrogens is 372 g/mol. The number of amides is 1. The van der Waals surface area contributed by atoms with Gasteiger partial charge in [0.1, 0.15) is 5.82 Å². The van der Waals surface area contributed by atoms with Crippen molar-refractivity contribution < 1.29 is 23.8 Å². The monoisotopic (exact) mass is 392 g/mol. The number of benzene rings is 1. The lowest BCUT2D eigenvalue weighted by atomic mass is 10.2. The number of rotatable bonds is 8. The Balaban J connectivity index is 2.03. The number of carbonyl (C=O) groups is 2. The van der Waals surface area contributed by atoms with Crippen molar-refractivity contribution in [3.8, 4) is 11.5 Å². The third-order valence-electron chi connectivity index (χ3n) is 3.41. The number of esters is 1. The number of nitrogens with zero attached hydrogens (tertiary/aromatic N) is 1. The van der Waals surface area contributed by atoms with E-state index in [1.54, 1.807) is 24.3 Å². The van der Waals surface area contributed by atoms with Crippen LogP contribution in [0.2, 0.25) is 5.02 Å². The molecule has 0 bridgehead atoms. The van der Waals surface area contributed by atoms with Gasteiger partial charge in [0, 0.05) is 6.20 Å². The number of hydrogen-bond donors (Lipinski definition) is 1. The molecule has 7 nitrogen and oxygen atoms in total. The molecule has 0 aliphatic rings. The maximum Gasteiger partial charge on any atom is 0.339 e. The molecular formula is C19H21ClN2O5. The van der Waals surface area contributed by atoms with Crippen LogP contribution < -0.4 is 14.8 Å². The van der Waals surface area contributed by atoms with Gasteiger partial charge in [-0.15, -0.1) is 0 Å². The number of anilines is 1. The molecule has 0 radical (unpaired) electrons. The summed E-state index contributed by atoms with van der Waals surface area (Å²) in [6.45, 7) is 6.05. The maximum atomic E-state index is 12.4. The average Bonchev–Trinajstić information content (AvgIpc) is 2.65. The fourth-order valence-electron chi connectivity index (χ4n) is 2.14. The Bertz CT molecular complexity index is 795. The van der Waals surface area contributed by atoms with Gasteiger partial charge in [0.25, 0.3) is 5.91 Å². The van der Waals surface area contributed by atoms with Crippen LogP contribution in [0.5, 0.6) is 11.5 Å². The first-order valence-corrected chi connectivity index (χ1v) is 8.85. The molecule has 0 aliphatic heterocycles. The van der Waals surface area contributed by atoms with Crippen LogP contribution in [0.25, 0.3) is 0 Å². The summed E-state index contributed by atoms with van der Waals surface area (Å²) < 4.78 is 16.2. The second kappa shape index (κ2) is 9.78. The van der Waals surface area contributed by atoms with Crippen LogP contribution >= 0.6 is 11.6 Å². The Morgan fingerprint density at radius 3 is 2.44 bits per heavy atom. The van der Waals surface area contributed by atoms with Crippen molar-refractivity contribution >= 4 is 29.3 Å². The van der Waals surface area contributed by atoms with Crippen LogP contribution in [0, 0.1) is 0 Å². The van der Waals surface area contributed by atoms with Crippen molar-refractivity contribution in [3.05, 3.63) is 47.1 Å². The van der Waals surface area contributed by atoms with Crippen molar-refractivity contribution in [1.82, 2.24) is 4.98 Å². The summed E-state index contributed by atoms with van der Waals surface area (Å²) in [7, 11) is 0.